The van der Waals surface area contributed by atoms with Gasteiger partial charge in [-0.25, -0.2) is 4.79 Å². The predicted octanol–water partition coefficient (Wildman–Crippen LogP) is 2.95. The molecule has 148 valence electrons. The third-order valence-electron chi connectivity index (χ3n) is 5.45. The van der Waals surface area contributed by atoms with Crippen LogP contribution in [0.3, 0.4) is 0 Å². The molecule has 2 aliphatic heterocycles. The quantitative estimate of drug-likeness (QED) is 0.631. The highest BCUT2D eigenvalue weighted by molar-refractivity contribution is 6.21. The van der Waals surface area contributed by atoms with Gasteiger partial charge in [0.25, 0.3) is 11.8 Å². The van der Waals surface area contributed by atoms with Crippen molar-refractivity contribution < 1.29 is 24.0 Å². The van der Waals surface area contributed by atoms with Crippen molar-refractivity contribution in [3.63, 3.8) is 0 Å². The lowest BCUT2D eigenvalue weighted by Gasteiger charge is -2.19. The molecule has 0 N–H and O–H groups in total. The van der Waals surface area contributed by atoms with Crippen molar-refractivity contribution >= 4 is 40.2 Å². The second-order valence-corrected chi connectivity index (χ2v) is 7.26. The minimum atomic E-state index is -0.777. The standard InChI is InChI=1S/C23H16N2O5/c26-20-12-15(13-24(20)19-11-5-7-14-6-1-2-8-16(14)19)23(29)30-25-21(27)17-9-3-4-10-18(17)22(25)28/h1-11,15H,12-13H2. The molecule has 7 nitrogen and oxygen atoms in total. The van der Waals surface area contributed by atoms with Crippen LogP contribution in [-0.4, -0.2) is 35.3 Å². The number of carbonyl (C=O) groups excluding carboxylic acids is 4. The van der Waals surface area contributed by atoms with Crippen LogP contribution in [0, 0.1) is 5.92 Å². The van der Waals surface area contributed by atoms with E-state index in [0.29, 0.717) is 10.8 Å². The lowest BCUT2D eigenvalue weighted by molar-refractivity contribution is -0.173. The molecule has 1 fully saturated rings. The van der Waals surface area contributed by atoms with Crippen molar-refractivity contribution in [1.82, 2.24) is 5.06 Å². The molecule has 0 saturated carbocycles. The van der Waals surface area contributed by atoms with Crippen LogP contribution in [0.2, 0.25) is 0 Å². The van der Waals surface area contributed by atoms with Crippen molar-refractivity contribution in [3.05, 3.63) is 77.9 Å². The fourth-order valence-corrected chi connectivity index (χ4v) is 3.96. The lowest BCUT2D eigenvalue weighted by Crippen LogP contribution is -2.36. The summed E-state index contributed by atoms with van der Waals surface area (Å²) in [6.45, 7) is 0.120. The SMILES string of the molecule is O=C(ON1C(=O)c2ccccc2C1=O)C1CC(=O)N(c2cccc3ccccc23)C1. The van der Waals surface area contributed by atoms with Crippen LogP contribution < -0.4 is 4.90 Å². The zero-order valence-electron chi connectivity index (χ0n) is 15.8. The van der Waals surface area contributed by atoms with E-state index in [9.17, 15) is 19.2 Å². The van der Waals surface area contributed by atoms with Gasteiger partial charge in [0.2, 0.25) is 5.91 Å². The van der Waals surface area contributed by atoms with Gasteiger partial charge in [-0.1, -0.05) is 53.6 Å². The third kappa shape index (κ3) is 2.75. The van der Waals surface area contributed by atoms with Crippen LogP contribution in [0.15, 0.2) is 66.7 Å². The van der Waals surface area contributed by atoms with E-state index >= 15 is 0 Å². The van der Waals surface area contributed by atoms with Gasteiger partial charge in [-0.2, -0.15) is 0 Å². The van der Waals surface area contributed by atoms with Crippen molar-refractivity contribution in [3.8, 4) is 0 Å². The molecule has 0 aliphatic carbocycles. The van der Waals surface area contributed by atoms with Gasteiger partial charge >= 0.3 is 5.97 Å². The number of benzene rings is 3. The van der Waals surface area contributed by atoms with E-state index in [2.05, 4.69) is 0 Å². The maximum atomic E-state index is 12.7. The number of hydrogen-bond acceptors (Lipinski definition) is 5. The molecule has 0 bridgehead atoms. The van der Waals surface area contributed by atoms with Gasteiger partial charge in [0.15, 0.2) is 0 Å². The van der Waals surface area contributed by atoms with Gasteiger partial charge in [-0.3, -0.25) is 14.4 Å². The van der Waals surface area contributed by atoms with Gasteiger partial charge in [0.05, 0.1) is 22.7 Å². The Balaban J connectivity index is 1.36. The average Bonchev–Trinajstić information content (AvgIpc) is 3.27. The number of fused-ring (bicyclic) bond motifs is 2. The summed E-state index contributed by atoms with van der Waals surface area (Å²) in [7, 11) is 0. The Morgan fingerprint density at radius 2 is 1.47 bits per heavy atom. The number of rotatable bonds is 3. The summed E-state index contributed by atoms with van der Waals surface area (Å²) in [5.41, 5.74) is 1.10. The molecule has 1 unspecified atom stereocenters. The first-order chi connectivity index (χ1) is 14.5. The molecule has 7 heteroatoms. The Morgan fingerprint density at radius 3 is 2.20 bits per heavy atom. The summed E-state index contributed by atoms with van der Waals surface area (Å²) in [5.74, 6) is -3.13. The highest BCUT2D eigenvalue weighted by atomic mass is 16.7. The summed E-state index contributed by atoms with van der Waals surface area (Å²) in [4.78, 5) is 56.8. The lowest BCUT2D eigenvalue weighted by atomic mass is 10.1. The number of nitrogens with zero attached hydrogens (tertiary/aromatic N) is 2. The molecule has 3 amide bonds. The zero-order valence-corrected chi connectivity index (χ0v) is 15.8. The van der Waals surface area contributed by atoms with Crippen molar-refractivity contribution in [2.24, 2.45) is 5.92 Å². The zero-order chi connectivity index (χ0) is 20.8. The number of imide groups is 1. The number of hydroxylamine groups is 2. The predicted molar refractivity (Wildman–Crippen MR) is 107 cm³/mol. The summed E-state index contributed by atoms with van der Waals surface area (Å²) < 4.78 is 0. The van der Waals surface area contributed by atoms with E-state index in [-0.39, 0.29) is 30.0 Å². The molecule has 1 atom stereocenters. The fourth-order valence-electron chi connectivity index (χ4n) is 3.96. The van der Waals surface area contributed by atoms with Crippen LogP contribution in [0.1, 0.15) is 27.1 Å². The topological polar surface area (TPSA) is 84.0 Å². The number of anilines is 1. The molecule has 2 aliphatic rings. The van der Waals surface area contributed by atoms with Crippen LogP contribution in [0.4, 0.5) is 5.69 Å². The minimum Gasteiger partial charge on any atom is -0.329 e. The Bertz CT molecular complexity index is 1190. The van der Waals surface area contributed by atoms with Crippen LogP contribution >= 0.6 is 0 Å². The monoisotopic (exact) mass is 400 g/mol. The summed E-state index contributed by atoms with van der Waals surface area (Å²) >= 11 is 0. The summed E-state index contributed by atoms with van der Waals surface area (Å²) in [6.07, 6.45) is -0.0504. The first-order valence-electron chi connectivity index (χ1n) is 9.52. The molecule has 30 heavy (non-hydrogen) atoms. The highest BCUT2D eigenvalue weighted by Gasteiger charge is 2.42. The van der Waals surface area contributed by atoms with E-state index in [1.54, 1.807) is 17.0 Å². The fraction of sp³-hybridized carbons (Fsp3) is 0.130. The molecule has 3 aromatic carbocycles. The molecular formula is C23H16N2O5. The van der Waals surface area contributed by atoms with Gasteiger partial charge < -0.3 is 9.74 Å². The van der Waals surface area contributed by atoms with Crippen LogP contribution in [-0.2, 0) is 14.4 Å². The molecule has 0 spiro atoms. The number of hydrogen-bond donors (Lipinski definition) is 0. The first-order valence-corrected chi connectivity index (χ1v) is 9.52. The highest BCUT2D eigenvalue weighted by Crippen LogP contribution is 2.32. The Kier molecular flexibility index (Phi) is 4.10. The van der Waals surface area contributed by atoms with Crippen LogP contribution in [0.25, 0.3) is 10.8 Å². The summed E-state index contributed by atoms with van der Waals surface area (Å²) in [5, 5.41) is 2.38. The average molecular weight is 400 g/mol. The Morgan fingerprint density at radius 1 is 0.833 bits per heavy atom. The van der Waals surface area contributed by atoms with Crippen LogP contribution in [0.5, 0.6) is 0 Å². The van der Waals surface area contributed by atoms with Crippen molar-refractivity contribution in [2.45, 2.75) is 6.42 Å². The molecule has 2 heterocycles. The number of carbonyl (C=O) groups is 4. The largest absolute Gasteiger partial charge is 0.338 e. The molecule has 1 saturated heterocycles. The molecular weight excluding hydrogens is 384 g/mol. The molecule has 0 radical (unpaired) electrons. The Hall–Kier alpha value is -4.00. The maximum Gasteiger partial charge on any atom is 0.338 e. The van der Waals surface area contributed by atoms with E-state index < -0.39 is 23.7 Å². The normalized spacial score (nSPS) is 18.3. The minimum absolute atomic E-state index is 0.0504. The maximum absolute atomic E-state index is 12.7. The van der Waals surface area contributed by atoms with Gasteiger partial charge in [0, 0.05) is 18.4 Å². The van der Waals surface area contributed by atoms with E-state index in [0.717, 1.165) is 10.8 Å². The molecule has 3 aromatic rings. The summed E-state index contributed by atoms with van der Waals surface area (Å²) in [6, 6.07) is 19.6. The number of amides is 3. The second kappa shape index (κ2) is 6.81. The third-order valence-corrected chi connectivity index (χ3v) is 5.45. The van der Waals surface area contributed by atoms with Gasteiger partial charge in [-0.05, 0) is 23.6 Å². The van der Waals surface area contributed by atoms with Gasteiger partial charge in [0.1, 0.15) is 0 Å². The smallest absolute Gasteiger partial charge is 0.329 e. The molecule has 5 rings (SSSR count). The second-order valence-electron chi connectivity index (χ2n) is 7.26. The Labute approximate surface area is 171 Å². The first kappa shape index (κ1) is 18.1. The van der Waals surface area contributed by atoms with Crippen molar-refractivity contribution in [1.29, 1.82) is 0 Å². The molecule has 0 aromatic heterocycles. The van der Waals surface area contributed by atoms with E-state index in [4.69, 9.17) is 4.84 Å². The van der Waals surface area contributed by atoms with E-state index in [1.165, 1.54) is 12.1 Å². The van der Waals surface area contributed by atoms with E-state index in [1.807, 2.05) is 42.5 Å². The van der Waals surface area contributed by atoms with Gasteiger partial charge in [-0.15, -0.1) is 0 Å². The van der Waals surface area contributed by atoms with Crippen molar-refractivity contribution in [2.75, 3.05) is 11.4 Å².